The highest BCUT2D eigenvalue weighted by Crippen LogP contribution is 2.33. The van der Waals surface area contributed by atoms with E-state index < -0.39 is 0 Å². The summed E-state index contributed by atoms with van der Waals surface area (Å²) in [4.78, 5) is 11.7. The highest BCUT2D eigenvalue weighted by atomic mass is 16.5. The van der Waals surface area contributed by atoms with Gasteiger partial charge < -0.3 is 4.74 Å². The Morgan fingerprint density at radius 3 is 2.64 bits per heavy atom. The molecular weight excluding hydrogens is 176 g/mol. The monoisotopic (exact) mass is 190 g/mol. The largest absolute Gasteiger partial charge is 0.496 e. The molecule has 0 aliphatic heterocycles. The van der Waals surface area contributed by atoms with Gasteiger partial charge in [-0.3, -0.25) is 4.79 Å². The van der Waals surface area contributed by atoms with Crippen LogP contribution in [0.3, 0.4) is 0 Å². The number of carbonyl (C=O) groups is 1. The Bertz CT molecular complexity index is 365. The molecule has 1 aliphatic rings. The zero-order valence-electron chi connectivity index (χ0n) is 8.54. The average molecular weight is 190 g/mol. The predicted octanol–water partition coefficient (Wildman–Crippen LogP) is 2.60. The van der Waals surface area contributed by atoms with Crippen LogP contribution in [0.1, 0.15) is 28.8 Å². The van der Waals surface area contributed by atoms with Crippen molar-refractivity contribution in [3.05, 3.63) is 29.3 Å². The van der Waals surface area contributed by atoms with Crippen molar-refractivity contribution in [3.63, 3.8) is 0 Å². The molecule has 1 aromatic rings. The predicted molar refractivity (Wildman–Crippen MR) is 54.8 cm³/mol. The molecule has 0 N–H and O–H groups in total. The first kappa shape index (κ1) is 9.25. The normalized spacial score (nSPS) is 15.3. The molecule has 1 saturated carbocycles. The van der Waals surface area contributed by atoms with Crippen LogP contribution in [-0.2, 0) is 0 Å². The minimum Gasteiger partial charge on any atom is -0.496 e. The first-order valence-electron chi connectivity index (χ1n) is 4.91. The molecule has 0 heterocycles. The molecule has 0 aromatic heterocycles. The molecule has 0 atom stereocenters. The molecule has 0 bridgehead atoms. The fourth-order valence-corrected chi connectivity index (χ4v) is 1.61. The molecule has 74 valence electrons. The van der Waals surface area contributed by atoms with E-state index in [0.29, 0.717) is 5.92 Å². The van der Waals surface area contributed by atoms with E-state index in [4.69, 9.17) is 4.74 Å². The lowest BCUT2D eigenvalue weighted by Gasteiger charge is -2.06. The van der Waals surface area contributed by atoms with Crippen molar-refractivity contribution in [1.29, 1.82) is 0 Å². The summed E-state index contributed by atoms with van der Waals surface area (Å²) in [6.45, 7) is 1.96. The van der Waals surface area contributed by atoms with Gasteiger partial charge in [0.1, 0.15) is 5.75 Å². The van der Waals surface area contributed by atoms with E-state index in [-0.39, 0.29) is 5.78 Å². The van der Waals surface area contributed by atoms with Gasteiger partial charge in [0.05, 0.1) is 7.11 Å². The Balaban J connectivity index is 2.27. The van der Waals surface area contributed by atoms with Gasteiger partial charge in [-0.05, 0) is 43.5 Å². The van der Waals surface area contributed by atoms with Gasteiger partial charge >= 0.3 is 0 Å². The molecule has 14 heavy (non-hydrogen) atoms. The van der Waals surface area contributed by atoms with Crippen molar-refractivity contribution in [2.75, 3.05) is 7.11 Å². The van der Waals surface area contributed by atoms with Crippen molar-refractivity contribution in [2.45, 2.75) is 19.8 Å². The van der Waals surface area contributed by atoms with Crippen LogP contribution in [0.15, 0.2) is 18.2 Å². The summed E-state index contributed by atoms with van der Waals surface area (Å²) in [7, 11) is 1.64. The molecule has 2 nitrogen and oxygen atoms in total. The van der Waals surface area contributed by atoms with Gasteiger partial charge in [0, 0.05) is 11.5 Å². The number of methoxy groups -OCH3 is 1. The lowest BCUT2D eigenvalue weighted by atomic mass is 10.0. The lowest BCUT2D eigenvalue weighted by Crippen LogP contribution is -2.01. The number of carbonyl (C=O) groups excluding carboxylic acids is 1. The van der Waals surface area contributed by atoms with E-state index in [0.717, 1.165) is 29.7 Å². The molecule has 0 saturated heterocycles. The van der Waals surface area contributed by atoms with Gasteiger partial charge in [-0.1, -0.05) is 0 Å². The molecule has 0 amide bonds. The second-order valence-corrected chi connectivity index (χ2v) is 3.82. The summed E-state index contributed by atoms with van der Waals surface area (Å²) >= 11 is 0. The third-order valence-electron chi connectivity index (χ3n) is 2.63. The number of hydrogen-bond acceptors (Lipinski definition) is 2. The van der Waals surface area contributed by atoms with Crippen LogP contribution in [0.2, 0.25) is 0 Å². The van der Waals surface area contributed by atoms with Crippen LogP contribution in [-0.4, -0.2) is 12.9 Å². The highest BCUT2D eigenvalue weighted by molar-refractivity contribution is 5.99. The quantitative estimate of drug-likeness (QED) is 0.685. The number of hydrogen-bond donors (Lipinski definition) is 0. The maximum absolute atomic E-state index is 11.7. The van der Waals surface area contributed by atoms with Crippen molar-refractivity contribution >= 4 is 5.78 Å². The van der Waals surface area contributed by atoms with Crippen molar-refractivity contribution < 1.29 is 9.53 Å². The van der Waals surface area contributed by atoms with Crippen LogP contribution in [0, 0.1) is 12.8 Å². The Labute approximate surface area is 83.9 Å². The molecule has 0 radical (unpaired) electrons. The fourth-order valence-electron chi connectivity index (χ4n) is 1.61. The van der Waals surface area contributed by atoms with Crippen molar-refractivity contribution in [2.24, 2.45) is 5.92 Å². The van der Waals surface area contributed by atoms with E-state index in [1.54, 1.807) is 7.11 Å². The van der Waals surface area contributed by atoms with Gasteiger partial charge in [-0.15, -0.1) is 0 Å². The van der Waals surface area contributed by atoms with Crippen LogP contribution < -0.4 is 4.74 Å². The first-order chi connectivity index (χ1) is 6.72. The van der Waals surface area contributed by atoms with Gasteiger partial charge in [-0.2, -0.15) is 0 Å². The van der Waals surface area contributed by atoms with Gasteiger partial charge in [-0.25, -0.2) is 0 Å². The van der Waals surface area contributed by atoms with Crippen molar-refractivity contribution in [1.82, 2.24) is 0 Å². The molecule has 2 rings (SSSR count). The standard InChI is InChI=1S/C12H14O2/c1-8-7-10(5-6-11(8)14-2)12(13)9-3-4-9/h5-7,9H,3-4H2,1-2H3. The number of ether oxygens (including phenoxy) is 1. The number of rotatable bonds is 3. The summed E-state index contributed by atoms with van der Waals surface area (Å²) in [6.07, 6.45) is 2.12. The Kier molecular flexibility index (Phi) is 2.28. The van der Waals surface area contributed by atoms with E-state index in [9.17, 15) is 4.79 Å². The van der Waals surface area contributed by atoms with Gasteiger partial charge in [0.15, 0.2) is 5.78 Å². The molecule has 0 unspecified atom stereocenters. The summed E-state index contributed by atoms with van der Waals surface area (Å²) in [5, 5.41) is 0. The Morgan fingerprint density at radius 2 is 2.14 bits per heavy atom. The third-order valence-corrected chi connectivity index (χ3v) is 2.63. The van der Waals surface area contributed by atoms with Crippen LogP contribution >= 0.6 is 0 Å². The molecule has 1 aromatic carbocycles. The minimum atomic E-state index is 0.288. The van der Waals surface area contributed by atoms with Gasteiger partial charge in [0.25, 0.3) is 0 Å². The molecule has 1 fully saturated rings. The topological polar surface area (TPSA) is 26.3 Å². The zero-order chi connectivity index (χ0) is 10.1. The van der Waals surface area contributed by atoms with E-state index >= 15 is 0 Å². The molecular formula is C12H14O2. The Hall–Kier alpha value is -1.31. The number of benzene rings is 1. The highest BCUT2D eigenvalue weighted by Gasteiger charge is 2.30. The SMILES string of the molecule is COc1ccc(C(=O)C2CC2)cc1C. The second-order valence-electron chi connectivity index (χ2n) is 3.82. The van der Waals surface area contributed by atoms with E-state index in [1.165, 1.54) is 0 Å². The van der Waals surface area contributed by atoms with Crippen molar-refractivity contribution in [3.8, 4) is 5.75 Å². The number of Topliss-reactive ketones (excluding diaryl/α,β-unsaturated/α-hetero) is 1. The van der Waals surface area contributed by atoms with E-state index in [1.807, 2.05) is 25.1 Å². The lowest BCUT2D eigenvalue weighted by molar-refractivity contribution is 0.0967. The average Bonchev–Trinajstić information content (AvgIpc) is 3.00. The zero-order valence-corrected chi connectivity index (χ0v) is 8.54. The number of aryl methyl sites for hydroxylation is 1. The maximum Gasteiger partial charge on any atom is 0.165 e. The van der Waals surface area contributed by atoms with Gasteiger partial charge in [0.2, 0.25) is 0 Å². The Morgan fingerprint density at radius 1 is 1.43 bits per heavy atom. The van der Waals surface area contributed by atoms with E-state index in [2.05, 4.69) is 0 Å². The molecule has 2 heteroatoms. The number of ketones is 1. The maximum atomic E-state index is 11.7. The summed E-state index contributed by atoms with van der Waals surface area (Å²) in [5.74, 6) is 1.43. The first-order valence-corrected chi connectivity index (χ1v) is 4.91. The van der Waals surface area contributed by atoms with Crippen LogP contribution in [0.5, 0.6) is 5.75 Å². The summed E-state index contributed by atoms with van der Waals surface area (Å²) < 4.78 is 5.14. The minimum absolute atomic E-state index is 0.288. The van der Waals surface area contributed by atoms with Crippen LogP contribution in [0.4, 0.5) is 0 Å². The third kappa shape index (κ3) is 1.65. The summed E-state index contributed by atoms with van der Waals surface area (Å²) in [6, 6.07) is 5.64. The molecule has 0 spiro atoms. The fraction of sp³-hybridized carbons (Fsp3) is 0.417. The molecule has 1 aliphatic carbocycles. The summed E-state index contributed by atoms with van der Waals surface area (Å²) in [5.41, 5.74) is 1.85. The van der Waals surface area contributed by atoms with Crippen LogP contribution in [0.25, 0.3) is 0 Å². The smallest absolute Gasteiger partial charge is 0.165 e. The second kappa shape index (κ2) is 3.45.